The monoisotopic (exact) mass is 392 g/mol. The van der Waals surface area contributed by atoms with E-state index in [2.05, 4.69) is 0 Å². The number of benzene rings is 1. The van der Waals surface area contributed by atoms with Gasteiger partial charge < -0.3 is 13.9 Å². The van der Waals surface area contributed by atoms with Crippen LogP contribution in [0.3, 0.4) is 0 Å². The van der Waals surface area contributed by atoms with Crippen molar-refractivity contribution in [1.29, 1.82) is 0 Å². The molecule has 4 rings (SSSR count). The van der Waals surface area contributed by atoms with E-state index in [1.165, 1.54) is 30.3 Å². The minimum absolute atomic E-state index is 0.124. The Hall–Kier alpha value is -3.03. The Labute approximate surface area is 157 Å². The molecule has 2 fully saturated rings. The number of halogens is 3. The zero-order valence-corrected chi connectivity index (χ0v) is 14.5. The van der Waals surface area contributed by atoms with Crippen LogP contribution in [-0.4, -0.2) is 17.7 Å². The fourth-order valence-corrected chi connectivity index (χ4v) is 3.36. The molecule has 0 amide bonds. The first-order valence-corrected chi connectivity index (χ1v) is 8.72. The van der Waals surface area contributed by atoms with Crippen LogP contribution >= 0.6 is 0 Å². The second-order valence-electron chi connectivity index (χ2n) is 6.74. The predicted molar refractivity (Wildman–Crippen MR) is 90.5 cm³/mol. The Morgan fingerprint density at radius 3 is 2.29 bits per heavy atom. The Balaban J connectivity index is 1.58. The van der Waals surface area contributed by atoms with E-state index < -0.39 is 29.5 Å². The van der Waals surface area contributed by atoms with Crippen LogP contribution in [0, 0.1) is 0 Å². The van der Waals surface area contributed by atoms with Gasteiger partial charge in [-0.1, -0.05) is 12.1 Å². The van der Waals surface area contributed by atoms with Crippen molar-refractivity contribution in [1.82, 2.24) is 0 Å². The Morgan fingerprint density at radius 2 is 1.64 bits per heavy atom. The highest BCUT2D eigenvalue weighted by molar-refractivity contribution is 6.18. The first-order chi connectivity index (χ1) is 13.3. The lowest BCUT2D eigenvalue weighted by Crippen LogP contribution is -2.44. The number of rotatable bonds is 2. The van der Waals surface area contributed by atoms with Crippen molar-refractivity contribution in [2.45, 2.75) is 37.6 Å². The van der Waals surface area contributed by atoms with Gasteiger partial charge in [-0.2, -0.15) is 13.2 Å². The molecule has 2 aliphatic rings. The first-order valence-electron chi connectivity index (χ1n) is 8.72. The van der Waals surface area contributed by atoms with Gasteiger partial charge in [-0.3, -0.25) is 0 Å². The summed E-state index contributed by atoms with van der Waals surface area (Å²) in [4.78, 5) is 24.5. The molecule has 1 aliphatic heterocycles. The molecule has 1 saturated carbocycles. The van der Waals surface area contributed by atoms with Crippen molar-refractivity contribution in [2.24, 2.45) is 0 Å². The highest BCUT2D eigenvalue weighted by atomic mass is 19.4. The average molecular weight is 392 g/mol. The molecule has 1 aromatic heterocycles. The summed E-state index contributed by atoms with van der Waals surface area (Å²) in [6.45, 7) is 0. The summed E-state index contributed by atoms with van der Waals surface area (Å²) in [5, 5.41) is 0. The maximum atomic E-state index is 12.9. The van der Waals surface area contributed by atoms with E-state index in [1.807, 2.05) is 0 Å². The van der Waals surface area contributed by atoms with Gasteiger partial charge >= 0.3 is 18.1 Å². The van der Waals surface area contributed by atoms with E-state index in [0.717, 1.165) is 25.0 Å². The van der Waals surface area contributed by atoms with Crippen molar-refractivity contribution in [3.05, 3.63) is 53.3 Å². The van der Waals surface area contributed by atoms with Gasteiger partial charge in [0.1, 0.15) is 17.1 Å². The zero-order valence-electron chi connectivity index (χ0n) is 14.5. The van der Waals surface area contributed by atoms with Crippen LogP contribution < -0.4 is 0 Å². The van der Waals surface area contributed by atoms with Crippen molar-refractivity contribution in [2.75, 3.05) is 0 Å². The lowest BCUT2D eigenvalue weighted by Gasteiger charge is -2.32. The molecular weight excluding hydrogens is 377 g/mol. The summed E-state index contributed by atoms with van der Waals surface area (Å²) in [7, 11) is 0. The molecule has 2 heterocycles. The SMILES string of the molecule is O=C1OC2(CCCC2)OC(=O)C1=Cc1ccc(-c2cccc(C(F)(F)F)c2)o1. The largest absolute Gasteiger partial charge is 0.457 e. The van der Waals surface area contributed by atoms with Gasteiger partial charge in [-0.05, 0) is 37.1 Å². The third kappa shape index (κ3) is 3.42. The summed E-state index contributed by atoms with van der Waals surface area (Å²) in [5.74, 6) is -2.47. The third-order valence-corrected chi connectivity index (χ3v) is 4.75. The van der Waals surface area contributed by atoms with Crippen LogP contribution in [0.4, 0.5) is 13.2 Å². The standard InChI is InChI=1S/C20H15F3O5/c21-20(22,23)13-5-3-4-12(10-13)16-7-6-14(26-16)11-15-17(24)27-19(28-18(15)25)8-1-2-9-19/h3-7,10-11H,1-2,8-9H2. The minimum Gasteiger partial charge on any atom is -0.457 e. The number of furan rings is 1. The average Bonchev–Trinajstić information content (AvgIpc) is 3.27. The number of esters is 2. The van der Waals surface area contributed by atoms with E-state index in [1.54, 1.807) is 0 Å². The van der Waals surface area contributed by atoms with Crippen LogP contribution in [0.25, 0.3) is 17.4 Å². The fraction of sp³-hybridized carbons (Fsp3) is 0.300. The smallest absolute Gasteiger partial charge is 0.416 e. The van der Waals surface area contributed by atoms with Gasteiger partial charge in [-0.25, -0.2) is 9.59 Å². The van der Waals surface area contributed by atoms with Crippen LogP contribution in [0.15, 0.2) is 46.4 Å². The number of hydrogen-bond donors (Lipinski definition) is 0. The molecule has 146 valence electrons. The maximum absolute atomic E-state index is 12.9. The second-order valence-corrected chi connectivity index (χ2v) is 6.74. The summed E-state index contributed by atoms with van der Waals surface area (Å²) in [6.07, 6.45) is -0.754. The number of carbonyl (C=O) groups excluding carboxylic acids is 2. The lowest BCUT2D eigenvalue weighted by molar-refractivity contribution is -0.232. The van der Waals surface area contributed by atoms with E-state index in [9.17, 15) is 22.8 Å². The van der Waals surface area contributed by atoms with Crippen LogP contribution in [0.5, 0.6) is 0 Å². The molecule has 8 heteroatoms. The minimum atomic E-state index is -4.47. The quantitative estimate of drug-likeness (QED) is 0.420. The topological polar surface area (TPSA) is 65.7 Å². The highest BCUT2D eigenvalue weighted by Gasteiger charge is 2.48. The Bertz CT molecular complexity index is 942. The van der Waals surface area contributed by atoms with Crippen molar-refractivity contribution >= 4 is 18.0 Å². The highest BCUT2D eigenvalue weighted by Crippen LogP contribution is 2.39. The summed E-state index contributed by atoms with van der Waals surface area (Å²) in [5.41, 5.74) is -0.900. The van der Waals surface area contributed by atoms with Gasteiger partial charge in [0.15, 0.2) is 0 Å². The Kier molecular flexibility index (Phi) is 4.28. The van der Waals surface area contributed by atoms with Crippen LogP contribution in [0.2, 0.25) is 0 Å². The van der Waals surface area contributed by atoms with Gasteiger partial charge in [0, 0.05) is 24.5 Å². The summed E-state index contributed by atoms with van der Waals surface area (Å²) in [6, 6.07) is 7.57. The van der Waals surface area contributed by atoms with Crippen LogP contribution in [0.1, 0.15) is 37.0 Å². The molecule has 1 spiro atoms. The molecule has 0 N–H and O–H groups in total. The molecule has 28 heavy (non-hydrogen) atoms. The van der Waals surface area contributed by atoms with Crippen LogP contribution in [-0.2, 0) is 25.2 Å². The van der Waals surface area contributed by atoms with E-state index in [4.69, 9.17) is 13.9 Å². The molecule has 0 atom stereocenters. The van der Waals surface area contributed by atoms with E-state index in [0.29, 0.717) is 12.8 Å². The van der Waals surface area contributed by atoms with E-state index >= 15 is 0 Å². The molecule has 0 radical (unpaired) electrons. The van der Waals surface area contributed by atoms with Crippen molar-refractivity contribution in [3.8, 4) is 11.3 Å². The molecule has 1 saturated heterocycles. The zero-order chi connectivity index (χ0) is 19.9. The first kappa shape index (κ1) is 18.3. The predicted octanol–water partition coefficient (Wildman–Crippen LogP) is 4.72. The molecule has 5 nitrogen and oxygen atoms in total. The Morgan fingerprint density at radius 1 is 0.964 bits per heavy atom. The van der Waals surface area contributed by atoms with Crippen molar-refractivity contribution in [3.63, 3.8) is 0 Å². The summed E-state index contributed by atoms with van der Waals surface area (Å²) < 4.78 is 54.7. The maximum Gasteiger partial charge on any atom is 0.416 e. The molecule has 1 aromatic carbocycles. The number of hydrogen-bond acceptors (Lipinski definition) is 5. The third-order valence-electron chi connectivity index (χ3n) is 4.75. The van der Waals surface area contributed by atoms with Gasteiger partial charge in [0.25, 0.3) is 5.79 Å². The van der Waals surface area contributed by atoms with Gasteiger partial charge in [-0.15, -0.1) is 0 Å². The fourth-order valence-electron chi connectivity index (χ4n) is 3.36. The lowest BCUT2D eigenvalue weighted by atomic mass is 10.1. The van der Waals surface area contributed by atoms with Gasteiger partial charge in [0.05, 0.1) is 5.56 Å². The molecular formula is C20H15F3O5. The molecule has 0 bridgehead atoms. The normalized spacial score (nSPS) is 18.9. The molecule has 0 unspecified atom stereocenters. The van der Waals surface area contributed by atoms with Gasteiger partial charge in [0.2, 0.25) is 0 Å². The second kappa shape index (κ2) is 6.54. The number of alkyl halides is 3. The summed E-state index contributed by atoms with van der Waals surface area (Å²) >= 11 is 0. The number of carbonyl (C=O) groups is 2. The molecule has 2 aromatic rings. The number of ether oxygens (including phenoxy) is 2. The van der Waals surface area contributed by atoms with E-state index in [-0.39, 0.29) is 22.7 Å². The molecule has 1 aliphatic carbocycles. The van der Waals surface area contributed by atoms with Crippen molar-refractivity contribution < 1.29 is 36.7 Å².